The zero-order valence-electron chi connectivity index (χ0n) is 37.1. The molecule has 6 heteroatoms. The number of amides is 1. The molecule has 0 aromatic heterocycles. The van der Waals surface area contributed by atoms with E-state index in [4.69, 9.17) is 4.74 Å². The third kappa shape index (κ3) is 39.4. The number of hydrogen-bond donors (Lipinski definition) is 3. The van der Waals surface area contributed by atoms with Crippen LogP contribution < -0.4 is 5.32 Å². The molecule has 3 atom stereocenters. The molecule has 0 bridgehead atoms. The van der Waals surface area contributed by atoms with Gasteiger partial charge in [0.1, 0.15) is 6.10 Å². The number of carbonyl (C=O) groups is 2. The van der Waals surface area contributed by atoms with Crippen LogP contribution >= 0.6 is 0 Å². The van der Waals surface area contributed by atoms with Crippen molar-refractivity contribution in [3.8, 4) is 0 Å². The molecule has 1 amide bonds. The minimum atomic E-state index is -0.827. The minimum absolute atomic E-state index is 0.0353. The Kier molecular flexibility index (Phi) is 41.9. The maximum Gasteiger partial charge on any atom is 0.306 e. The molecule has 0 aliphatic carbocycles. The SMILES string of the molecule is CC/C=C/C=C/C=C\C=C/C=C/CC(CC(=O)NC(CO)C(O)CCCCCCCCCCCC)OC(=O)CCCCCCC/C=C/C=C/C=C/C=C/CCCCC. The predicted octanol–water partition coefficient (Wildman–Crippen LogP) is 13.6. The van der Waals surface area contributed by atoms with Crippen LogP contribution in [0.4, 0.5) is 0 Å². The Morgan fingerprint density at radius 3 is 1.50 bits per heavy atom. The van der Waals surface area contributed by atoms with Crippen LogP contribution in [0.1, 0.15) is 181 Å². The molecular formula is C52H85NO5. The first kappa shape index (κ1) is 54.5. The monoisotopic (exact) mass is 804 g/mol. The molecule has 0 aromatic carbocycles. The fraction of sp³-hybridized carbons (Fsp3) is 0.615. The van der Waals surface area contributed by atoms with Gasteiger partial charge in [0.2, 0.25) is 5.91 Å². The summed E-state index contributed by atoms with van der Waals surface area (Å²) in [6.45, 7) is 6.21. The van der Waals surface area contributed by atoms with Crippen LogP contribution in [0.5, 0.6) is 0 Å². The first-order chi connectivity index (χ1) is 28.5. The third-order valence-corrected chi connectivity index (χ3v) is 9.81. The van der Waals surface area contributed by atoms with Crippen LogP contribution in [0.15, 0.2) is 109 Å². The molecule has 0 heterocycles. The number of hydrogen-bond acceptors (Lipinski definition) is 5. The molecule has 0 radical (unpaired) electrons. The molecule has 0 aromatic rings. The lowest BCUT2D eigenvalue weighted by molar-refractivity contribution is -0.150. The first-order valence-corrected chi connectivity index (χ1v) is 23.2. The van der Waals surface area contributed by atoms with E-state index in [-0.39, 0.29) is 24.9 Å². The summed E-state index contributed by atoms with van der Waals surface area (Å²) in [6, 6.07) is -0.749. The standard InChI is InChI=1S/C52H85NO5/c1-4-7-10-13-16-19-22-23-24-25-26-27-28-30-33-36-39-42-45-52(57)58-48(43-40-37-34-31-29-20-17-14-11-8-5-2)46-51(56)53-49(47-54)50(55)44-41-38-35-32-21-18-15-12-9-6-3/h8,11,14,16-17,19-20,22-27,29,31,34,37,40,48-50,54-55H,4-7,9-10,12-13,15,18,21,28,30,32-33,35-36,38-39,41-47H2,1-3H3,(H,53,56)/b11-8+,17-14+,19-16+,23-22+,25-24+,27-26+,29-20-,34-31-,40-37+. The molecule has 58 heavy (non-hydrogen) atoms. The van der Waals surface area contributed by atoms with Crippen molar-refractivity contribution in [3.05, 3.63) is 109 Å². The van der Waals surface area contributed by atoms with Crippen LogP contribution in [0, 0.1) is 0 Å². The highest BCUT2D eigenvalue weighted by atomic mass is 16.5. The summed E-state index contributed by atoms with van der Waals surface area (Å²) in [6.07, 6.45) is 60.2. The molecule has 3 unspecified atom stereocenters. The van der Waals surface area contributed by atoms with Gasteiger partial charge in [-0.25, -0.2) is 0 Å². The number of rotatable bonds is 39. The van der Waals surface area contributed by atoms with Crippen LogP contribution in [-0.2, 0) is 14.3 Å². The summed E-state index contributed by atoms with van der Waals surface area (Å²) >= 11 is 0. The molecule has 6 nitrogen and oxygen atoms in total. The van der Waals surface area contributed by atoms with Crippen LogP contribution in [-0.4, -0.2) is 46.9 Å². The van der Waals surface area contributed by atoms with Gasteiger partial charge in [0.15, 0.2) is 0 Å². The summed E-state index contributed by atoms with van der Waals surface area (Å²) < 4.78 is 5.81. The molecule has 0 fully saturated rings. The van der Waals surface area contributed by atoms with E-state index in [1.54, 1.807) is 0 Å². The Bertz CT molecular complexity index is 1220. The summed E-state index contributed by atoms with van der Waals surface area (Å²) in [5.74, 6) is -0.648. The lowest BCUT2D eigenvalue weighted by atomic mass is 10.0. The zero-order valence-corrected chi connectivity index (χ0v) is 37.1. The Morgan fingerprint density at radius 1 is 0.534 bits per heavy atom. The van der Waals surface area contributed by atoms with Gasteiger partial charge in [0.05, 0.1) is 25.2 Å². The number of nitrogens with one attached hydrogen (secondary N) is 1. The highest BCUT2D eigenvalue weighted by molar-refractivity contribution is 5.77. The smallest absolute Gasteiger partial charge is 0.306 e. The van der Waals surface area contributed by atoms with Crippen molar-refractivity contribution in [2.24, 2.45) is 0 Å². The predicted molar refractivity (Wildman–Crippen MR) is 250 cm³/mol. The van der Waals surface area contributed by atoms with E-state index in [1.165, 1.54) is 64.2 Å². The van der Waals surface area contributed by atoms with E-state index < -0.39 is 18.2 Å². The number of aliphatic hydroxyl groups excluding tert-OH is 2. The van der Waals surface area contributed by atoms with Crippen molar-refractivity contribution in [1.82, 2.24) is 5.32 Å². The summed E-state index contributed by atoms with van der Waals surface area (Å²) in [5.41, 5.74) is 0. The Labute approximate surface area is 356 Å². The topological polar surface area (TPSA) is 95.9 Å². The lowest BCUT2D eigenvalue weighted by Gasteiger charge is -2.24. The number of esters is 1. The van der Waals surface area contributed by atoms with Gasteiger partial charge in [-0.1, -0.05) is 226 Å². The fourth-order valence-corrected chi connectivity index (χ4v) is 6.28. The summed E-state index contributed by atoms with van der Waals surface area (Å²) in [4.78, 5) is 25.9. The lowest BCUT2D eigenvalue weighted by Crippen LogP contribution is -2.46. The van der Waals surface area contributed by atoms with E-state index in [0.717, 1.165) is 70.6 Å². The van der Waals surface area contributed by atoms with E-state index in [0.29, 0.717) is 19.3 Å². The van der Waals surface area contributed by atoms with E-state index >= 15 is 0 Å². The molecular weight excluding hydrogens is 719 g/mol. The van der Waals surface area contributed by atoms with E-state index in [9.17, 15) is 19.8 Å². The van der Waals surface area contributed by atoms with E-state index in [1.807, 2.05) is 54.7 Å². The number of aliphatic hydroxyl groups is 2. The van der Waals surface area contributed by atoms with E-state index in [2.05, 4.69) is 80.8 Å². The molecule has 0 aliphatic rings. The van der Waals surface area contributed by atoms with Gasteiger partial charge < -0.3 is 20.3 Å². The van der Waals surface area contributed by atoms with Crippen molar-refractivity contribution < 1.29 is 24.5 Å². The maximum absolute atomic E-state index is 13.1. The number of unbranched alkanes of at least 4 members (excludes halogenated alkanes) is 17. The van der Waals surface area contributed by atoms with Crippen LogP contribution in [0.2, 0.25) is 0 Å². The second kappa shape index (κ2) is 44.6. The highest BCUT2D eigenvalue weighted by Crippen LogP contribution is 2.15. The Morgan fingerprint density at radius 2 is 0.966 bits per heavy atom. The summed E-state index contributed by atoms with van der Waals surface area (Å²) in [5, 5.41) is 23.5. The molecule has 0 saturated heterocycles. The molecule has 0 spiro atoms. The van der Waals surface area contributed by atoms with Crippen molar-refractivity contribution >= 4 is 11.9 Å². The third-order valence-electron chi connectivity index (χ3n) is 9.81. The van der Waals surface area contributed by atoms with Gasteiger partial charge >= 0.3 is 5.97 Å². The minimum Gasteiger partial charge on any atom is -0.461 e. The molecule has 0 saturated carbocycles. The Hall–Kier alpha value is -3.48. The number of ether oxygens (including phenoxy) is 1. The largest absolute Gasteiger partial charge is 0.461 e. The molecule has 328 valence electrons. The van der Waals surface area contributed by atoms with Gasteiger partial charge in [-0.05, 0) is 44.9 Å². The second-order valence-corrected chi connectivity index (χ2v) is 15.3. The quantitative estimate of drug-likeness (QED) is 0.0327. The van der Waals surface area contributed by atoms with Crippen LogP contribution in [0.3, 0.4) is 0 Å². The maximum atomic E-state index is 13.1. The van der Waals surface area contributed by atoms with Gasteiger partial charge in [-0.3, -0.25) is 9.59 Å². The Balaban J connectivity index is 4.76. The number of allylic oxidation sites excluding steroid dienone is 17. The van der Waals surface area contributed by atoms with Crippen molar-refractivity contribution in [2.75, 3.05) is 6.61 Å². The first-order valence-electron chi connectivity index (χ1n) is 23.2. The average molecular weight is 804 g/mol. The van der Waals surface area contributed by atoms with Crippen molar-refractivity contribution in [2.45, 2.75) is 200 Å². The number of carbonyl (C=O) groups excluding carboxylic acids is 2. The normalized spacial score (nSPS) is 14.4. The van der Waals surface area contributed by atoms with Crippen LogP contribution in [0.25, 0.3) is 0 Å². The van der Waals surface area contributed by atoms with Gasteiger partial charge in [-0.15, -0.1) is 0 Å². The highest BCUT2D eigenvalue weighted by Gasteiger charge is 2.23. The van der Waals surface area contributed by atoms with Gasteiger partial charge in [0.25, 0.3) is 0 Å². The molecule has 3 N–H and O–H groups in total. The molecule has 0 aliphatic heterocycles. The summed E-state index contributed by atoms with van der Waals surface area (Å²) in [7, 11) is 0. The zero-order chi connectivity index (χ0) is 42.4. The fourth-order valence-electron chi connectivity index (χ4n) is 6.28. The average Bonchev–Trinajstić information content (AvgIpc) is 3.22. The second-order valence-electron chi connectivity index (χ2n) is 15.3. The molecule has 0 rings (SSSR count). The van der Waals surface area contributed by atoms with Gasteiger partial charge in [-0.2, -0.15) is 0 Å². The van der Waals surface area contributed by atoms with Crippen molar-refractivity contribution in [1.29, 1.82) is 0 Å². The van der Waals surface area contributed by atoms with Crippen molar-refractivity contribution in [3.63, 3.8) is 0 Å². The van der Waals surface area contributed by atoms with Gasteiger partial charge in [0, 0.05) is 12.8 Å².